The summed E-state index contributed by atoms with van der Waals surface area (Å²) in [6, 6.07) is -0.679. The smallest absolute Gasteiger partial charge is 0.407 e. The quantitative estimate of drug-likeness (QED) is 0.792. The second-order valence-corrected chi connectivity index (χ2v) is 7.31. The van der Waals surface area contributed by atoms with Crippen LogP contribution in [0.1, 0.15) is 40.0 Å². The first-order valence-electron chi connectivity index (χ1n) is 8.27. The number of rotatable bonds is 3. The van der Waals surface area contributed by atoms with Crippen molar-refractivity contribution in [2.24, 2.45) is 5.92 Å². The van der Waals surface area contributed by atoms with Crippen LogP contribution in [0.2, 0.25) is 0 Å². The number of hydrogen-bond acceptors (Lipinski definition) is 5. The molecular formula is C16H26N2O6. The highest BCUT2D eigenvalue weighted by atomic mass is 16.6. The molecule has 2 N–H and O–H groups in total. The van der Waals surface area contributed by atoms with Crippen molar-refractivity contribution in [1.29, 1.82) is 0 Å². The van der Waals surface area contributed by atoms with Gasteiger partial charge in [-0.25, -0.2) is 4.79 Å². The molecule has 0 aromatic carbocycles. The van der Waals surface area contributed by atoms with Crippen LogP contribution < -0.4 is 5.32 Å². The molecule has 1 saturated carbocycles. The highest BCUT2D eigenvalue weighted by Crippen LogP contribution is 2.29. The normalized spacial score (nSPS) is 28.4. The fraction of sp³-hybridized carbons (Fsp3) is 0.812. The van der Waals surface area contributed by atoms with E-state index in [0.29, 0.717) is 26.0 Å². The van der Waals surface area contributed by atoms with Crippen molar-refractivity contribution < 1.29 is 29.0 Å². The van der Waals surface area contributed by atoms with Crippen LogP contribution in [-0.2, 0) is 19.1 Å². The number of ether oxygens (including phenoxy) is 2. The van der Waals surface area contributed by atoms with Gasteiger partial charge in [0.05, 0.1) is 24.6 Å². The van der Waals surface area contributed by atoms with E-state index >= 15 is 0 Å². The summed E-state index contributed by atoms with van der Waals surface area (Å²) < 4.78 is 10.4. The molecule has 1 aliphatic carbocycles. The number of carbonyl (C=O) groups is 3. The average Bonchev–Trinajstić information content (AvgIpc) is 2.46. The molecule has 2 amide bonds. The zero-order valence-corrected chi connectivity index (χ0v) is 14.4. The lowest BCUT2D eigenvalue weighted by Crippen LogP contribution is -2.59. The van der Waals surface area contributed by atoms with Gasteiger partial charge in [-0.3, -0.25) is 9.59 Å². The summed E-state index contributed by atoms with van der Waals surface area (Å²) in [5.41, 5.74) is -0.644. The molecule has 8 nitrogen and oxygen atoms in total. The molecule has 2 rings (SSSR count). The molecule has 1 saturated heterocycles. The van der Waals surface area contributed by atoms with Gasteiger partial charge < -0.3 is 24.8 Å². The van der Waals surface area contributed by atoms with Crippen LogP contribution in [0.15, 0.2) is 0 Å². The lowest BCUT2D eigenvalue weighted by molar-refractivity contribution is -0.149. The molecule has 0 unspecified atom stereocenters. The summed E-state index contributed by atoms with van der Waals surface area (Å²) in [6.45, 7) is 6.21. The Hall–Kier alpha value is -1.83. The SMILES string of the molecule is CC(C)(C)OC(=O)N[C@H]1C[C@H](C(=O)O)CC[C@H]1N1CCOCC1=O. The number of aliphatic carboxylic acids is 1. The average molecular weight is 342 g/mol. The van der Waals surface area contributed by atoms with Gasteiger partial charge in [0.25, 0.3) is 0 Å². The number of nitrogens with zero attached hydrogens (tertiary/aromatic N) is 1. The van der Waals surface area contributed by atoms with Crippen molar-refractivity contribution >= 4 is 18.0 Å². The number of amides is 2. The van der Waals surface area contributed by atoms with Gasteiger partial charge in [-0.05, 0) is 40.0 Å². The van der Waals surface area contributed by atoms with E-state index in [1.165, 1.54) is 0 Å². The molecule has 0 spiro atoms. The zero-order chi connectivity index (χ0) is 17.9. The van der Waals surface area contributed by atoms with Crippen LogP contribution in [0.25, 0.3) is 0 Å². The highest BCUT2D eigenvalue weighted by Gasteiger charge is 2.40. The fourth-order valence-corrected chi connectivity index (χ4v) is 3.25. The van der Waals surface area contributed by atoms with E-state index in [1.807, 2.05) is 0 Å². The maximum absolute atomic E-state index is 12.1. The van der Waals surface area contributed by atoms with Gasteiger partial charge in [0.2, 0.25) is 5.91 Å². The van der Waals surface area contributed by atoms with Crippen molar-refractivity contribution in [3.05, 3.63) is 0 Å². The maximum atomic E-state index is 12.1. The molecule has 24 heavy (non-hydrogen) atoms. The van der Waals surface area contributed by atoms with Gasteiger partial charge in [-0.2, -0.15) is 0 Å². The first-order valence-corrected chi connectivity index (χ1v) is 8.27. The van der Waals surface area contributed by atoms with Gasteiger partial charge in [0, 0.05) is 6.54 Å². The number of alkyl carbamates (subject to hydrolysis) is 1. The predicted octanol–water partition coefficient (Wildman–Crippen LogP) is 0.992. The van der Waals surface area contributed by atoms with Crippen molar-refractivity contribution in [2.45, 2.75) is 57.7 Å². The van der Waals surface area contributed by atoms with E-state index in [2.05, 4.69) is 5.32 Å². The van der Waals surface area contributed by atoms with Crippen LogP contribution in [0, 0.1) is 5.92 Å². The molecule has 0 bridgehead atoms. The van der Waals surface area contributed by atoms with Crippen molar-refractivity contribution in [2.75, 3.05) is 19.8 Å². The van der Waals surface area contributed by atoms with Crippen LogP contribution >= 0.6 is 0 Å². The summed E-state index contributed by atoms with van der Waals surface area (Å²) in [7, 11) is 0. The molecule has 0 aromatic rings. The Bertz CT molecular complexity index is 501. The molecule has 8 heteroatoms. The molecule has 1 aliphatic heterocycles. The van der Waals surface area contributed by atoms with E-state index in [1.54, 1.807) is 25.7 Å². The minimum absolute atomic E-state index is 0.0258. The summed E-state index contributed by atoms with van der Waals surface area (Å²) in [5, 5.41) is 12.0. The molecule has 0 aromatic heterocycles. The van der Waals surface area contributed by atoms with Crippen LogP contribution in [0.5, 0.6) is 0 Å². The summed E-state index contributed by atoms with van der Waals surface area (Å²) in [4.78, 5) is 37.2. The van der Waals surface area contributed by atoms with Gasteiger partial charge >= 0.3 is 12.1 Å². The number of hydrogen-bond donors (Lipinski definition) is 2. The summed E-state index contributed by atoms with van der Waals surface area (Å²) in [6.07, 6.45) is 0.703. The molecule has 1 heterocycles. The second kappa shape index (κ2) is 7.38. The zero-order valence-electron chi connectivity index (χ0n) is 14.4. The van der Waals surface area contributed by atoms with Crippen molar-refractivity contribution in [3.63, 3.8) is 0 Å². The van der Waals surface area contributed by atoms with Gasteiger partial charge in [0.1, 0.15) is 12.2 Å². The van der Waals surface area contributed by atoms with Gasteiger partial charge in [0.15, 0.2) is 0 Å². The fourth-order valence-electron chi connectivity index (χ4n) is 3.25. The van der Waals surface area contributed by atoms with Crippen molar-refractivity contribution in [3.8, 4) is 0 Å². The van der Waals surface area contributed by atoms with E-state index in [-0.39, 0.29) is 25.0 Å². The lowest BCUT2D eigenvalue weighted by Gasteiger charge is -2.43. The number of nitrogens with one attached hydrogen (secondary N) is 1. The molecule has 3 atom stereocenters. The van der Waals surface area contributed by atoms with Crippen LogP contribution in [0.3, 0.4) is 0 Å². The largest absolute Gasteiger partial charge is 0.481 e. The molecule has 2 aliphatic rings. The minimum atomic E-state index is -0.877. The van der Waals surface area contributed by atoms with E-state index < -0.39 is 29.6 Å². The van der Waals surface area contributed by atoms with Crippen LogP contribution in [0.4, 0.5) is 4.79 Å². The third-order valence-electron chi connectivity index (χ3n) is 4.29. The second-order valence-electron chi connectivity index (χ2n) is 7.31. The Balaban J connectivity index is 2.10. The van der Waals surface area contributed by atoms with E-state index in [9.17, 15) is 19.5 Å². The topological polar surface area (TPSA) is 105 Å². The number of carboxylic acids is 1. The Morgan fingerprint density at radius 2 is 2.04 bits per heavy atom. The number of carbonyl (C=O) groups excluding carboxylic acids is 2. The van der Waals surface area contributed by atoms with Gasteiger partial charge in [-0.15, -0.1) is 0 Å². The summed E-state index contributed by atoms with van der Waals surface area (Å²) >= 11 is 0. The molecular weight excluding hydrogens is 316 g/mol. The third-order valence-corrected chi connectivity index (χ3v) is 4.29. The monoisotopic (exact) mass is 342 g/mol. The first-order chi connectivity index (χ1) is 11.2. The predicted molar refractivity (Wildman–Crippen MR) is 84.5 cm³/mol. The standard InChI is InChI=1S/C16H26N2O6/c1-16(2,3)24-15(22)17-11-8-10(14(20)21)4-5-12(11)18-6-7-23-9-13(18)19/h10-12H,4-9H2,1-3H3,(H,17,22)(H,20,21)/t10-,11+,12-/m1/s1. The maximum Gasteiger partial charge on any atom is 0.407 e. The Labute approximate surface area is 141 Å². The lowest BCUT2D eigenvalue weighted by atomic mass is 9.81. The first kappa shape index (κ1) is 18.5. The van der Waals surface area contributed by atoms with E-state index in [4.69, 9.17) is 9.47 Å². The Morgan fingerprint density at radius 1 is 1.33 bits per heavy atom. The Morgan fingerprint density at radius 3 is 2.62 bits per heavy atom. The minimum Gasteiger partial charge on any atom is -0.481 e. The molecule has 2 fully saturated rings. The number of morpholine rings is 1. The molecule has 0 radical (unpaired) electrons. The van der Waals surface area contributed by atoms with Crippen molar-refractivity contribution in [1.82, 2.24) is 10.2 Å². The van der Waals surface area contributed by atoms with Gasteiger partial charge in [-0.1, -0.05) is 0 Å². The summed E-state index contributed by atoms with van der Waals surface area (Å²) in [5.74, 6) is -1.54. The Kier molecular flexibility index (Phi) is 5.69. The van der Waals surface area contributed by atoms with E-state index in [0.717, 1.165) is 0 Å². The number of carboxylic acid groups (broad SMARTS) is 1. The molecule has 136 valence electrons. The highest BCUT2D eigenvalue weighted by molar-refractivity contribution is 5.79. The van der Waals surface area contributed by atoms with Crippen LogP contribution in [-0.4, -0.2) is 65.4 Å². The third kappa shape index (κ3) is 4.83.